The molecule has 4 rings (SSSR count). The van der Waals surface area contributed by atoms with Crippen molar-refractivity contribution in [2.24, 2.45) is 11.3 Å². The Hall–Kier alpha value is -1.59. The maximum Gasteiger partial charge on any atom is 0.228 e. The van der Waals surface area contributed by atoms with E-state index in [0.717, 1.165) is 44.7 Å². The second-order valence-corrected chi connectivity index (χ2v) is 7.99. The molecule has 0 aliphatic carbocycles. The second-order valence-electron chi connectivity index (χ2n) is 7.99. The number of carbonyl (C=O) groups excluding carboxylic acids is 2. The summed E-state index contributed by atoms with van der Waals surface area (Å²) in [5.41, 5.74) is 2.49. The zero-order valence-corrected chi connectivity index (χ0v) is 16.2. The summed E-state index contributed by atoms with van der Waals surface area (Å²) >= 11 is 0. The van der Waals surface area contributed by atoms with Gasteiger partial charge in [0, 0.05) is 38.3 Å². The van der Waals surface area contributed by atoms with Crippen LogP contribution in [-0.4, -0.2) is 49.4 Å². The van der Waals surface area contributed by atoms with E-state index in [0.29, 0.717) is 18.4 Å². The Morgan fingerprint density at radius 1 is 1.15 bits per heavy atom. The van der Waals surface area contributed by atoms with E-state index in [4.69, 9.17) is 0 Å². The smallest absolute Gasteiger partial charge is 0.228 e. The van der Waals surface area contributed by atoms with Gasteiger partial charge in [-0.2, -0.15) is 0 Å². The van der Waals surface area contributed by atoms with Gasteiger partial charge in [-0.15, -0.1) is 12.4 Å². The van der Waals surface area contributed by atoms with E-state index < -0.39 is 0 Å². The fourth-order valence-corrected chi connectivity index (χ4v) is 4.53. The molecular weight excluding hydrogens is 350 g/mol. The molecule has 1 spiro atoms. The van der Waals surface area contributed by atoms with Gasteiger partial charge in [0.25, 0.3) is 0 Å². The molecule has 26 heavy (non-hydrogen) atoms. The standard InChI is InChI=1S/C20H27N3O2.ClH/c1-15-2-4-17(5-3-15)23-13-16(12-18(23)24)19(25)22-10-7-20(8-11-22)6-9-21-14-20;/h2-5,16,21H,6-14H2,1H3;1H. The van der Waals surface area contributed by atoms with Crippen LogP contribution >= 0.6 is 12.4 Å². The van der Waals surface area contributed by atoms with Gasteiger partial charge in [-0.1, -0.05) is 17.7 Å². The number of benzene rings is 1. The first-order valence-electron chi connectivity index (χ1n) is 9.43. The van der Waals surface area contributed by atoms with Gasteiger partial charge in [0.1, 0.15) is 0 Å². The first-order valence-corrected chi connectivity index (χ1v) is 9.43. The summed E-state index contributed by atoms with van der Waals surface area (Å²) in [4.78, 5) is 29.1. The number of nitrogens with one attached hydrogen (secondary N) is 1. The number of rotatable bonds is 2. The number of amides is 2. The fourth-order valence-electron chi connectivity index (χ4n) is 4.53. The van der Waals surface area contributed by atoms with E-state index in [2.05, 4.69) is 5.32 Å². The van der Waals surface area contributed by atoms with Crippen molar-refractivity contribution in [2.75, 3.05) is 37.6 Å². The number of hydrogen-bond donors (Lipinski definition) is 1. The lowest BCUT2D eigenvalue weighted by Crippen LogP contribution is -2.46. The highest BCUT2D eigenvalue weighted by Crippen LogP contribution is 2.37. The zero-order valence-electron chi connectivity index (χ0n) is 15.4. The van der Waals surface area contributed by atoms with Crippen molar-refractivity contribution in [1.82, 2.24) is 10.2 Å². The molecule has 1 aromatic carbocycles. The third-order valence-electron chi connectivity index (χ3n) is 6.29. The normalized spacial score (nSPS) is 24.8. The predicted molar refractivity (Wildman–Crippen MR) is 105 cm³/mol. The van der Waals surface area contributed by atoms with Gasteiger partial charge in [-0.25, -0.2) is 0 Å². The fraction of sp³-hybridized carbons (Fsp3) is 0.600. The van der Waals surface area contributed by atoms with E-state index in [1.807, 2.05) is 36.1 Å². The first kappa shape index (κ1) is 19.2. The molecular formula is C20H28ClN3O2. The van der Waals surface area contributed by atoms with Crippen LogP contribution in [0.2, 0.25) is 0 Å². The molecule has 1 aromatic rings. The highest BCUT2D eigenvalue weighted by atomic mass is 35.5. The molecule has 3 fully saturated rings. The summed E-state index contributed by atoms with van der Waals surface area (Å²) in [6, 6.07) is 7.96. The molecule has 1 unspecified atom stereocenters. The van der Waals surface area contributed by atoms with Gasteiger partial charge in [0.2, 0.25) is 11.8 Å². The van der Waals surface area contributed by atoms with E-state index in [-0.39, 0.29) is 30.1 Å². The van der Waals surface area contributed by atoms with Crippen LogP contribution in [-0.2, 0) is 9.59 Å². The van der Waals surface area contributed by atoms with Crippen molar-refractivity contribution < 1.29 is 9.59 Å². The Labute approximate surface area is 161 Å². The topological polar surface area (TPSA) is 52.7 Å². The number of nitrogens with zero attached hydrogens (tertiary/aromatic N) is 2. The van der Waals surface area contributed by atoms with Gasteiger partial charge < -0.3 is 15.1 Å². The first-order chi connectivity index (χ1) is 12.1. The number of anilines is 1. The van der Waals surface area contributed by atoms with Crippen LogP contribution in [0, 0.1) is 18.3 Å². The van der Waals surface area contributed by atoms with Gasteiger partial charge in [0.15, 0.2) is 0 Å². The summed E-state index contributed by atoms with van der Waals surface area (Å²) in [6.45, 7) is 6.44. The van der Waals surface area contributed by atoms with Crippen molar-refractivity contribution in [3.05, 3.63) is 29.8 Å². The lowest BCUT2D eigenvalue weighted by atomic mass is 9.77. The van der Waals surface area contributed by atoms with Gasteiger partial charge in [-0.3, -0.25) is 9.59 Å². The Balaban J connectivity index is 0.00000196. The molecule has 1 N–H and O–H groups in total. The van der Waals surface area contributed by atoms with Crippen LogP contribution in [0.4, 0.5) is 5.69 Å². The molecule has 0 saturated carbocycles. The lowest BCUT2D eigenvalue weighted by Gasteiger charge is -2.39. The third-order valence-corrected chi connectivity index (χ3v) is 6.29. The molecule has 3 aliphatic heterocycles. The van der Waals surface area contributed by atoms with Crippen molar-refractivity contribution in [3.63, 3.8) is 0 Å². The zero-order chi connectivity index (χ0) is 17.4. The van der Waals surface area contributed by atoms with Crippen molar-refractivity contribution in [1.29, 1.82) is 0 Å². The SMILES string of the molecule is Cc1ccc(N2CC(C(=O)N3CCC4(CCNC4)CC3)CC2=O)cc1.Cl. The molecule has 5 nitrogen and oxygen atoms in total. The van der Waals surface area contributed by atoms with Crippen molar-refractivity contribution >= 4 is 29.9 Å². The number of piperidine rings is 1. The summed E-state index contributed by atoms with van der Waals surface area (Å²) in [6.07, 6.45) is 3.76. The Bertz CT molecular complexity index is 660. The molecule has 0 bridgehead atoms. The molecule has 3 saturated heterocycles. The maximum absolute atomic E-state index is 12.9. The Kier molecular flexibility index (Phi) is 5.58. The van der Waals surface area contributed by atoms with Gasteiger partial charge >= 0.3 is 0 Å². The number of aryl methyl sites for hydroxylation is 1. The van der Waals surface area contributed by atoms with Crippen LogP contribution in [0.3, 0.4) is 0 Å². The number of likely N-dealkylation sites (tertiary alicyclic amines) is 1. The molecule has 2 amide bonds. The van der Waals surface area contributed by atoms with Crippen molar-refractivity contribution in [3.8, 4) is 0 Å². The van der Waals surface area contributed by atoms with Crippen molar-refractivity contribution in [2.45, 2.75) is 32.6 Å². The highest BCUT2D eigenvalue weighted by Gasteiger charge is 2.41. The summed E-state index contributed by atoms with van der Waals surface area (Å²) in [5, 5.41) is 3.46. The number of hydrogen-bond acceptors (Lipinski definition) is 3. The minimum absolute atomic E-state index is 0. The lowest BCUT2D eigenvalue weighted by molar-refractivity contribution is -0.137. The summed E-state index contributed by atoms with van der Waals surface area (Å²) in [5.74, 6) is 0.0454. The van der Waals surface area contributed by atoms with E-state index in [1.54, 1.807) is 4.90 Å². The van der Waals surface area contributed by atoms with Crippen LogP contribution in [0.15, 0.2) is 24.3 Å². The molecule has 142 valence electrons. The number of halogens is 1. The summed E-state index contributed by atoms with van der Waals surface area (Å²) in [7, 11) is 0. The second kappa shape index (κ2) is 7.57. The molecule has 6 heteroatoms. The minimum atomic E-state index is -0.190. The largest absolute Gasteiger partial charge is 0.342 e. The van der Waals surface area contributed by atoms with E-state index >= 15 is 0 Å². The molecule has 3 aliphatic rings. The van der Waals surface area contributed by atoms with Crippen LogP contribution < -0.4 is 10.2 Å². The van der Waals surface area contributed by atoms with E-state index in [9.17, 15) is 9.59 Å². The minimum Gasteiger partial charge on any atom is -0.342 e. The number of carbonyl (C=O) groups is 2. The van der Waals surface area contributed by atoms with Gasteiger partial charge in [0.05, 0.1) is 5.92 Å². The third kappa shape index (κ3) is 3.60. The average Bonchev–Trinajstić information content (AvgIpc) is 3.23. The molecule has 1 atom stereocenters. The quantitative estimate of drug-likeness (QED) is 0.860. The molecule has 0 radical (unpaired) electrons. The highest BCUT2D eigenvalue weighted by molar-refractivity contribution is 6.00. The van der Waals surface area contributed by atoms with Gasteiger partial charge in [-0.05, 0) is 50.3 Å². The monoisotopic (exact) mass is 377 g/mol. The van der Waals surface area contributed by atoms with Crippen LogP contribution in [0.5, 0.6) is 0 Å². The van der Waals surface area contributed by atoms with Crippen LogP contribution in [0.1, 0.15) is 31.2 Å². The predicted octanol–water partition coefficient (Wildman–Crippen LogP) is 2.37. The Morgan fingerprint density at radius 2 is 1.85 bits per heavy atom. The maximum atomic E-state index is 12.9. The average molecular weight is 378 g/mol. The van der Waals surface area contributed by atoms with Crippen LogP contribution in [0.25, 0.3) is 0 Å². The summed E-state index contributed by atoms with van der Waals surface area (Å²) < 4.78 is 0. The Morgan fingerprint density at radius 3 is 2.46 bits per heavy atom. The molecule has 0 aromatic heterocycles. The van der Waals surface area contributed by atoms with E-state index in [1.165, 1.54) is 12.0 Å². The molecule has 3 heterocycles.